The molecule has 0 aliphatic rings. The van der Waals surface area contributed by atoms with E-state index in [1.165, 1.54) is 0 Å². The predicted molar refractivity (Wildman–Crippen MR) is 57.7 cm³/mol. The topological polar surface area (TPSA) is 252 Å². The fraction of sp³-hybridized carbons (Fsp3) is 0. The van der Waals surface area contributed by atoms with Crippen LogP contribution in [0.3, 0.4) is 0 Å². The van der Waals surface area contributed by atoms with E-state index in [0.717, 1.165) is 0 Å². The van der Waals surface area contributed by atoms with E-state index in [4.69, 9.17) is 0 Å². The van der Waals surface area contributed by atoms with Crippen LogP contribution in [0, 0.1) is 0 Å². The van der Waals surface area contributed by atoms with Gasteiger partial charge in [0.2, 0.25) is 0 Å². The van der Waals surface area contributed by atoms with Gasteiger partial charge in [-0.25, -0.2) is 0 Å². The van der Waals surface area contributed by atoms with E-state index in [-0.39, 0.29) is 149 Å². The van der Waals surface area contributed by atoms with Gasteiger partial charge in [-0.3, -0.25) is 0 Å². The molecule has 0 aromatic carbocycles. The molecule has 0 fully saturated rings. The van der Waals surface area contributed by atoms with Crippen LogP contribution in [0.2, 0.25) is 0 Å². The van der Waals surface area contributed by atoms with Crippen molar-refractivity contribution in [3.8, 4) is 0 Å². The first-order chi connectivity index (χ1) is 0. The molecule has 0 saturated carbocycles. The first-order valence-corrected chi connectivity index (χ1v) is 0. The molecule has 0 aliphatic heterocycles. The van der Waals surface area contributed by atoms with Crippen LogP contribution in [-0.2, 0) is 0 Å². The third-order valence-electron chi connectivity index (χ3n) is 0. The number of rotatable bonds is 0. The summed E-state index contributed by atoms with van der Waals surface area (Å²) in [6.45, 7) is 0. The molecule has 16 N–H and O–H groups in total. The molecule has 0 spiro atoms. The Morgan fingerprint density at radius 1 is 0.308 bits per heavy atom. The Morgan fingerprint density at radius 3 is 0.308 bits per heavy atom. The predicted octanol–water partition coefficient (Wildman–Crippen LogP) is -8.50. The Kier molecular flexibility index (Phi) is 12900. The zero-order chi connectivity index (χ0) is 0. The van der Waals surface area contributed by atoms with Gasteiger partial charge in [0.25, 0.3) is 0 Å². The summed E-state index contributed by atoms with van der Waals surface area (Å²) in [4.78, 5) is 0. The molecule has 0 amide bonds. The van der Waals surface area contributed by atoms with Crippen LogP contribution in [0.15, 0.2) is 0 Å². The Hall–Kier alpha value is 2.75. The maximum Gasteiger partial charge on any atom is 0 e. The molecule has 0 bridgehead atoms. The maximum atomic E-state index is 0. The van der Waals surface area contributed by atoms with E-state index >= 15 is 0 Å². The number of hydrogen-bond donors (Lipinski definition) is 0. The van der Waals surface area contributed by atoms with Gasteiger partial charge in [-0.05, 0) is 0 Å². The summed E-state index contributed by atoms with van der Waals surface area (Å²) in [5, 5.41) is 0. The van der Waals surface area contributed by atoms with Gasteiger partial charge in [-0.15, -0.1) is 0 Å². The molecule has 8 nitrogen and oxygen atoms in total. The second kappa shape index (κ2) is 369. The van der Waals surface area contributed by atoms with Crippen molar-refractivity contribution in [1.29, 1.82) is 0 Å². The molecule has 0 aromatic heterocycles. The Bertz CT molecular complexity index is 20.1. The van der Waals surface area contributed by atoms with E-state index < -0.39 is 0 Å². The fourth-order valence-electron chi connectivity index (χ4n) is 0. The monoisotopic (exact) mass is 392 g/mol. The quantitative estimate of drug-likeness (QED) is 0.348. The SMILES string of the molecule is O.O.O.O.O.O.O.O.[Al].[Al].[Ba].[Si].[Si]. The molecule has 0 atom stereocenters. The standard InChI is InChI=1S/2Al.Ba.8H2O.2Si/h;;;8*1H2;;. The minimum Gasteiger partial charge on any atom is -0.412 e. The van der Waals surface area contributed by atoms with Gasteiger partial charge in [-0.1, -0.05) is 0 Å². The van der Waals surface area contributed by atoms with Gasteiger partial charge in [0.1, 0.15) is 0 Å². The molecule has 0 aromatic rings. The van der Waals surface area contributed by atoms with Gasteiger partial charge in [0.05, 0.1) is 0 Å². The average Bonchev–Trinajstić information content (AvgIpc) is 0. The van der Waals surface area contributed by atoms with E-state index in [9.17, 15) is 0 Å². The van der Waals surface area contributed by atoms with Crippen LogP contribution in [0.5, 0.6) is 0 Å². The van der Waals surface area contributed by atoms with Crippen molar-refractivity contribution in [1.82, 2.24) is 0 Å². The summed E-state index contributed by atoms with van der Waals surface area (Å²) in [6, 6.07) is 0. The van der Waals surface area contributed by atoms with E-state index in [0.29, 0.717) is 0 Å². The third kappa shape index (κ3) is 317. The molecule has 0 heterocycles. The van der Waals surface area contributed by atoms with Crippen molar-refractivity contribution in [2.45, 2.75) is 0 Å². The molecule has 0 rings (SSSR count). The van der Waals surface area contributed by atoms with Crippen LogP contribution >= 0.6 is 0 Å². The van der Waals surface area contributed by atoms with E-state index in [1.54, 1.807) is 0 Å². The van der Waals surface area contributed by atoms with Crippen LogP contribution < -0.4 is 0 Å². The summed E-state index contributed by atoms with van der Waals surface area (Å²) in [7, 11) is 0. The average molecular weight is 392 g/mol. The second-order valence-corrected chi connectivity index (χ2v) is 0. The molecular weight excluding hydrogens is 375 g/mol. The smallest absolute Gasteiger partial charge is 0 e. The van der Waals surface area contributed by atoms with Gasteiger partial charge < -0.3 is 43.8 Å². The van der Waals surface area contributed by atoms with Crippen molar-refractivity contribution in [3.05, 3.63) is 0 Å². The first-order valence-electron chi connectivity index (χ1n) is 0. The van der Waals surface area contributed by atoms with Crippen LogP contribution in [0.1, 0.15) is 0 Å². The summed E-state index contributed by atoms with van der Waals surface area (Å²) in [5.74, 6) is 0. The summed E-state index contributed by atoms with van der Waals surface area (Å²) < 4.78 is 0. The van der Waals surface area contributed by atoms with Crippen molar-refractivity contribution < 1.29 is 43.8 Å². The van der Waals surface area contributed by atoms with Gasteiger partial charge in [-0.2, -0.15) is 0 Å². The zero-order valence-corrected chi connectivity index (χ0v) is 15.6. The first kappa shape index (κ1) is 453. The second-order valence-electron chi connectivity index (χ2n) is 0. The Balaban J connectivity index is 0. The molecule has 0 unspecified atom stereocenters. The van der Waals surface area contributed by atoms with Crippen molar-refractivity contribution >= 4 is 106 Å². The summed E-state index contributed by atoms with van der Waals surface area (Å²) >= 11 is 0. The van der Waals surface area contributed by atoms with Crippen LogP contribution in [0.25, 0.3) is 0 Å². The third-order valence-corrected chi connectivity index (χ3v) is 0. The minimum atomic E-state index is 0. The Labute approximate surface area is 147 Å². The fourth-order valence-corrected chi connectivity index (χ4v) is 0. The molecule has 13 heteroatoms. The molecule has 0 saturated heterocycles. The van der Waals surface area contributed by atoms with Crippen molar-refractivity contribution in [2.75, 3.05) is 0 Å². The van der Waals surface area contributed by atoms with Crippen molar-refractivity contribution in [3.63, 3.8) is 0 Å². The zero-order valence-electron chi connectivity index (χ0n) is 6.86. The maximum absolute atomic E-state index is 0. The molecule has 80 valence electrons. The van der Waals surface area contributed by atoms with Crippen LogP contribution in [0.4, 0.5) is 0 Å². The molecule has 0 aliphatic carbocycles. The van der Waals surface area contributed by atoms with Gasteiger partial charge >= 0.3 is 0 Å². The normalized spacial score (nSPS) is 0. The van der Waals surface area contributed by atoms with Gasteiger partial charge in [0.15, 0.2) is 0 Å². The van der Waals surface area contributed by atoms with Gasteiger partial charge in [0, 0.05) is 106 Å². The molecular formula is H16Al2BaO8Si2. The largest absolute Gasteiger partial charge is 0.412 e. The van der Waals surface area contributed by atoms with Crippen molar-refractivity contribution in [2.24, 2.45) is 0 Å². The van der Waals surface area contributed by atoms with E-state index in [2.05, 4.69) is 0 Å². The van der Waals surface area contributed by atoms with Crippen LogP contribution in [-0.4, -0.2) is 149 Å². The molecule has 13 heavy (non-hydrogen) atoms. The minimum absolute atomic E-state index is 0. The summed E-state index contributed by atoms with van der Waals surface area (Å²) in [5.41, 5.74) is 0. The number of hydrogen-bond acceptors (Lipinski definition) is 0. The molecule has 16 radical (unpaired) electrons. The Morgan fingerprint density at radius 2 is 0.308 bits per heavy atom. The summed E-state index contributed by atoms with van der Waals surface area (Å²) in [6.07, 6.45) is 0. The van der Waals surface area contributed by atoms with E-state index in [1.807, 2.05) is 0 Å².